The van der Waals surface area contributed by atoms with Crippen molar-refractivity contribution >= 4 is 23.5 Å². The Labute approximate surface area is 137 Å². The second-order valence-electron chi connectivity index (χ2n) is 6.69. The molecule has 0 bridgehead atoms. The van der Waals surface area contributed by atoms with E-state index in [0.717, 1.165) is 0 Å². The molecule has 0 spiro atoms. The maximum Gasteiger partial charge on any atom is 0.339 e. The van der Waals surface area contributed by atoms with Crippen LogP contribution in [-0.2, 0) is 14.3 Å². The first-order valence-electron chi connectivity index (χ1n) is 7.71. The number of nitrogens with one attached hydrogen (secondary N) is 1. The Hall–Kier alpha value is -0.930. The van der Waals surface area contributed by atoms with Gasteiger partial charge in [-0.25, -0.2) is 4.79 Å². The summed E-state index contributed by atoms with van der Waals surface area (Å²) in [7, 11) is 0. The third kappa shape index (κ3) is 2.12. The number of nitrogens with two attached hydrogens (primary N) is 1. The molecule has 3 fully saturated rings. The minimum absolute atomic E-state index is 0.202. The van der Waals surface area contributed by atoms with Crippen LogP contribution in [0.5, 0.6) is 0 Å². The number of hydrogen-bond donors (Lipinski definition) is 5. The minimum Gasteiger partial charge on any atom is -0.456 e. The standard InChI is InChI=1S/C14H21ClN2O6/c15-5-3-6-9-14(12(22)23-9,17-10(6)20)11(21)13(16)4-1-2-7(18)8(13)19/h6-9,11,18-19,21H,1-5,16H2,(H,17,20)/t6-,7?,8-,9+,11?,13-,14+/m1/s1. The molecule has 7 atom stereocenters. The summed E-state index contributed by atoms with van der Waals surface area (Å²) in [5.41, 5.74) is 2.89. The average molecular weight is 349 g/mol. The van der Waals surface area contributed by atoms with E-state index in [0.29, 0.717) is 19.3 Å². The first kappa shape index (κ1) is 16.9. The lowest BCUT2D eigenvalue weighted by Crippen LogP contribution is -2.81. The molecule has 9 heteroatoms. The van der Waals surface area contributed by atoms with Gasteiger partial charge in [0.15, 0.2) is 6.10 Å². The lowest BCUT2D eigenvalue weighted by atomic mass is 9.65. The van der Waals surface area contributed by atoms with Gasteiger partial charge in [0.2, 0.25) is 11.4 Å². The van der Waals surface area contributed by atoms with Crippen LogP contribution in [0.2, 0.25) is 0 Å². The molecular weight excluding hydrogens is 328 g/mol. The first-order chi connectivity index (χ1) is 10.8. The Bertz CT molecular complexity index is 533. The Morgan fingerprint density at radius 3 is 2.74 bits per heavy atom. The number of esters is 1. The van der Waals surface area contributed by atoms with Crippen molar-refractivity contribution in [3.8, 4) is 0 Å². The van der Waals surface area contributed by atoms with Gasteiger partial charge in [-0.2, -0.15) is 0 Å². The number of halogens is 1. The highest BCUT2D eigenvalue weighted by molar-refractivity contribution is 6.18. The predicted octanol–water partition coefficient (Wildman–Crippen LogP) is -2.01. The van der Waals surface area contributed by atoms with Crippen LogP contribution in [0.25, 0.3) is 0 Å². The number of rotatable bonds is 4. The van der Waals surface area contributed by atoms with Crippen molar-refractivity contribution in [3.05, 3.63) is 0 Å². The van der Waals surface area contributed by atoms with Crippen LogP contribution in [0.15, 0.2) is 0 Å². The summed E-state index contributed by atoms with van der Waals surface area (Å²) in [5.74, 6) is -1.67. The summed E-state index contributed by atoms with van der Waals surface area (Å²) < 4.78 is 5.08. The van der Waals surface area contributed by atoms with Crippen molar-refractivity contribution in [2.75, 3.05) is 5.88 Å². The first-order valence-corrected chi connectivity index (χ1v) is 8.24. The zero-order valence-electron chi connectivity index (χ0n) is 12.4. The zero-order valence-corrected chi connectivity index (χ0v) is 13.2. The van der Waals surface area contributed by atoms with Crippen molar-refractivity contribution in [2.24, 2.45) is 11.7 Å². The SMILES string of the molecule is N[C@]1(C(O)[C@@]23NC(=O)[C@H](CCCl)[C@@H]2OC3=O)CCCC(O)[C@H]1O. The molecular formula is C14H21ClN2O6. The van der Waals surface area contributed by atoms with Crippen LogP contribution in [0, 0.1) is 5.92 Å². The van der Waals surface area contributed by atoms with Crippen molar-refractivity contribution in [3.63, 3.8) is 0 Å². The van der Waals surface area contributed by atoms with Crippen molar-refractivity contribution in [1.82, 2.24) is 5.32 Å². The van der Waals surface area contributed by atoms with Gasteiger partial charge in [0.05, 0.1) is 17.6 Å². The molecule has 6 N–H and O–H groups in total. The second kappa shape index (κ2) is 5.56. The van der Waals surface area contributed by atoms with Crippen LogP contribution < -0.4 is 11.1 Å². The van der Waals surface area contributed by atoms with E-state index in [-0.39, 0.29) is 12.3 Å². The van der Waals surface area contributed by atoms with Crippen LogP contribution in [0.3, 0.4) is 0 Å². The Morgan fingerprint density at radius 1 is 1.43 bits per heavy atom. The largest absolute Gasteiger partial charge is 0.456 e. The molecule has 2 unspecified atom stereocenters. The molecule has 8 nitrogen and oxygen atoms in total. The van der Waals surface area contributed by atoms with E-state index >= 15 is 0 Å². The molecule has 0 aromatic heterocycles. The Kier molecular flexibility index (Phi) is 4.09. The number of hydrogen-bond acceptors (Lipinski definition) is 7. The van der Waals surface area contributed by atoms with Crippen LogP contribution >= 0.6 is 11.6 Å². The van der Waals surface area contributed by atoms with Crippen molar-refractivity contribution < 1.29 is 29.6 Å². The number of ether oxygens (including phenoxy) is 1. The van der Waals surface area contributed by atoms with Gasteiger partial charge in [0.1, 0.15) is 12.2 Å². The summed E-state index contributed by atoms with van der Waals surface area (Å²) in [4.78, 5) is 24.3. The van der Waals surface area contributed by atoms with Gasteiger partial charge >= 0.3 is 5.97 Å². The van der Waals surface area contributed by atoms with E-state index in [2.05, 4.69) is 5.32 Å². The molecule has 2 heterocycles. The molecule has 3 rings (SSSR count). The lowest BCUT2D eigenvalue weighted by Gasteiger charge is -2.53. The van der Waals surface area contributed by atoms with Gasteiger partial charge in [0, 0.05) is 5.88 Å². The van der Waals surface area contributed by atoms with Gasteiger partial charge in [0.25, 0.3) is 0 Å². The van der Waals surface area contributed by atoms with Crippen LogP contribution in [0.4, 0.5) is 0 Å². The molecule has 1 amide bonds. The van der Waals surface area contributed by atoms with E-state index in [4.69, 9.17) is 22.1 Å². The number of carbonyl (C=O) groups is 2. The molecule has 0 aromatic rings. The summed E-state index contributed by atoms with van der Waals surface area (Å²) in [6, 6.07) is 0. The minimum atomic E-state index is -1.68. The smallest absolute Gasteiger partial charge is 0.339 e. The third-order valence-corrected chi connectivity index (χ3v) is 5.66. The van der Waals surface area contributed by atoms with E-state index < -0.39 is 53.3 Å². The molecule has 0 radical (unpaired) electrons. The molecule has 23 heavy (non-hydrogen) atoms. The van der Waals surface area contributed by atoms with Crippen molar-refractivity contribution in [2.45, 2.75) is 61.2 Å². The average Bonchev–Trinajstić information content (AvgIpc) is 2.73. The number of alkyl halides is 1. The zero-order chi connectivity index (χ0) is 17.0. The molecule has 2 saturated heterocycles. The maximum atomic E-state index is 12.1. The molecule has 1 aliphatic carbocycles. The topological polar surface area (TPSA) is 142 Å². The number of amides is 1. The van der Waals surface area contributed by atoms with Gasteiger partial charge in [-0.1, -0.05) is 0 Å². The molecule has 2 aliphatic heterocycles. The summed E-state index contributed by atoms with van der Waals surface area (Å²) in [6.07, 6.45) is -3.59. The van der Waals surface area contributed by atoms with E-state index in [1.54, 1.807) is 0 Å². The number of aliphatic hydroxyl groups is 3. The van der Waals surface area contributed by atoms with Crippen LogP contribution in [-0.4, -0.2) is 68.6 Å². The van der Waals surface area contributed by atoms with E-state index in [9.17, 15) is 24.9 Å². The summed E-state index contributed by atoms with van der Waals surface area (Å²) in [5, 5.41) is 33.5. The lowest BCUT2D eigenvalue weighted by molar-refractivity contribution is -0.217. The summed E-state index contributed by atoms with van der Waals surface area (Å²) >= 11 is 5.68. The van der Waals surface area contributed by atoms with Gasteiger partial charge in [-0.3, -0.25) is 4.79 Å². The molecule has 1 saturated carbocycles. The van der Waals surface area contributed by atoms with Crippen molar-refractivity contribution in [1.29, 1.82) is 0 Å². The quantitative estimate of drug-likeness (QED) is 0.292. The molecule has 130 valence electrons. The highest BCUT2D eigenvalue weighted by Crippen LogP contribution is 2.46. The highest BCUT2D eigenvalue weighted by Gasteiger charge is 2.74. The number of fused-ring (bicyclic) bond motifs is 1. The third-order valence-electron chi connectivity index (χ3n) is 5.44. The van der Waals surface area contributed by atoms with Gasteiger partial charge < -0.3 is 31.1 Å². The normalized spacial score (nSPS) is 47.3. The molecule has 0 aromatic carbocycles. The fourth-order valence-corrected chi connectivity index (χ4v) is 4.29. The number of aliphatic hydroxyl groups excluding tert-OH is 3. The van der Waals surface area contributed by atoms with E-state index in [1.165, 1.54) is 0 Å². The highest BCUT2D eigenvalue weighted by atomic mass is 35.5. The second-order valence-corrected chi connectivity index (χ2v) is 7.07. The fourth-order valence-electron chi connectivity index (χ4n) is 4.06. The van der Waals surface area contributed by atoms with Gasteiger partial charge in [-0.15, -0.1) is 11.6 Å². The summed E-state index contributed by atoms with van der Waals surface area (Å²) in [6.45, 7) is 0. The maximum absolute atomic E-state index is 12.1. The predicted molar refractivity (Wildman–Crippen MR) is 78.4 cm³/mol. The number of carbonyl (C=O) groups excluding carboxylic acids is 2. The van der Waals surface area contributed by atoms with E-state index in [1.807, 2.05) is 0 Å². The van der Waals surface area contributed by atoms with Gasteiger partial charge in [-0.05, 0) is 25.7 Å². The molecule has 3 aliphatic rings. The fraction of sp³-hybridized carbons (Fsp3) is 0.857. The Balaban J connectivity index is 1.93. The Morgan fingerprint density at radius 2 is 2.13 bits per heavy atom. The van der Waals surface area contributed by atoms with Crippen LogP contribution in [0.1, 0.15) is 25.7 Å². The monoisotopic (exact) mass is 348 g/mol.